The van der Waals surface area contributed by atoms with Crippen molar-refractivity contribution in [1.82, 2.24) is 0 Å². The van der Waals surface area contributed by atoms with Crippen LogP contribution in [0.3, 0.4) is 0 Å². The molecule has 4 nitrogen and oxygen atoms in total. The molecule has 0 bridgehead atoms. The van der Waals surface area contributed by atoms with Gasteiger partial charge in [-0.25, -0.2) is 17.6 Å². The second-order valence-corrected chi connectivity index (χ2v) is 4.13. The van der Waals surface area contributed by atoms with Gasteiger partial charge in [-0.1, -0.05) is 6.07 Å². The van der Waals surface area contributed by atoms with E-state index in [0.29, 0.717) is 6.07 Å². The van der Waals surface area contributed by atoms with Crippen LogP contribution in [0.25, 0.3) is 0 Å². The molecule has 2 aromatic rings. The Balaban J connectivity index is 2.11. The van der Waals surface area contributed by atoms with Crippen LogP contribution in [0.2, 0.25) is 0 Å². The Morgan fingerprint density at radius 1 is 0.773 bits per heavy atom. The number of anilines is 2. The van der Waals surface area contributed by atoms with Crippen LogP contribution >= 0.6 is 0 Å². The summed E-state index contributed by atoms with van der Waals surface area (Å²) in [6.07, 6.45) is 0. The molecule has 0 saturated carbocycles. The lowest BCUT2D eigenvalue weighted by Gasteiger charge is -2.08. The maximum absolute atomic E-state index is 13.3. The highest BCUT2D eigenvalue weighted by molar-refractivity contribution is 6.43. The number of carbonyl (C=O) groups is 2. The van der Waals surface area contributed by atoms with Crippen LogP contribution in [0.1, 0.15) is 0 Å². The highest BCUT2D eigenvalue weighted by atomic mass is 19.1. The molecule has 0 aliphatic carbocycles. The topological polar surface area (TPSA) is 58.2 Å². The van der Waals surface area contributed by atoms with Crippen LogP contribution < -0.4 is 10.6 Å². The first-order valence-corrected chi connectivity index (χ1v) is 5.90. The summed E-state index contributed by atoms with van der Waals surface area (Å²) < 4.78 is 52.7. The van der Waals surface area contributed by atoms with Crippen molar-refractivity contribution in [3.63, 3.8) is 0 Å². The highest BCUT2D eigenvalue weighted by Gasteiger charge is 2.19. The van der Waals surface area contributed by atoms with Crippen molar-refractivity contribution in [3.05, 3.63) is 59.7 Å². The third-order valence-corrected chi connectivity index (χ3v) is 2.59. The third kappa shape index (κ3) is 3.40. The predicted octanol–water partition coefficient (Wildman–Crippen LogP) is 2.82. The lowest BCUT2D eigenvalue weighted by atomic mass is 10.2. The monoisotopic (exact) mass is 312 g/mol. The number of amides is 2. The first-order valence-electron chi connectivity index (χ1n) is 5.90. The van der Waals surface area contributed by atoms with Gasteiger partial charge in [0.25, 0.3) is 0 Å². The Morgan fingerprint density at radius 3 is 1.95 bits per heavy atom. The minimum atomic E-state index is -1.41. The zero-order valence-corrected chi connectivity index (χ0v) is 10.8. The molecule has 0 fully saturated rings. The second kappa shape index (κ2) is 6.25. The Morgan fingerprint density at radius 2 is 1.36 bits per heavy atom. The average Bonchev–Trinajstić information content (AvgIpc) is 2.45. The van der Waals surface area contributed by atoms with Crippen LogP contribution in [0.15, 0.2) is 36.4 Å². The molecule has 0 atom stereocenters. The number of hydrogen-bond donors (Lipinski definition) is 2. The summed E-state index contributed by atoms with van der Waals surface area (Å²) >= 11 is 0. The fourth-order valence-corrected chi connectivity index (χ4v) is 1.56. The SMILES string of the molecule is O=C(Nc1ccc(F)cc1F)C(=O)Nc1c(F)cccc1F. The van der Waals surface area contributed by atoms with Crippen LogP contribution in [-0.4, -0.2) is 11.8 Å². The van der Waals surface area contributed by atoms with Crippen LogP contribution in [-0.2, 0) is 9.59 Å². The summed E-state index contributed by atoms with van der Waals surface area (Å²) in [6.45, 7) is 0. The summed E-state index contributed by atoms with van der Waals surface area (Å²) in [5.41, 5.74) is -1.25. The number of nitrogens with one attached hydrogen (secondary N) is 2. The number of carbonyl (C=O) groups excluding carboxylic acids is 2. The molecule has 0 heterocycles. The highest BCUT2D eigenvalue weighted by Crippen LogP contribution is 2.18. The van der Waals surface area contributed by atoms with Gasteiger partial charge in [-0.2, -0.15) is 0 Å². The largest absolute Gasteiger partial charge is 0.315 e. The quantitative estimate of drug-likeness (QED) is 0.662. The van der Waals surface area contributed by atoms with E-state index in [1.54, 1.807) is 5.32 Å². The molecule has 114 valence electrons. The second-order valence-electron chi connectivity index (χ2n) is 4.13. The molecular formula is C14H8F4N2O2. The molecule has 0 aromatic heterocycles. The zero-order chi connectivity index (χ0) is 16.3. The summed E-state index contributed by atoms with van der Waals surface area (Å²) in [7, 11) is 0. The number of rotatable bonds is 2. The zero-order valence-electron chi connectivity index (χ0n) is 10.8. The molecule has 2 rings (SSSR count). The van der Waals surface area contributed by atoms with E-state index in [4.69, 9.17) is 0 Å². The molecule has 0 aliphatic rings. The van der Waals surface area contributed by atoms with Crippen molar-refractivity contribution in [2.75, 3.05) is 10.6 Å². The third-order valence-electron chi connectivity index (χ3n) is 2.59. The van der Waals surface area contributed by atoms with Crippen molar-refractivity contribution in [2.45, 2.75) is 0 Å². The van der Waals surface area contributed by atoms with E-state index in [9.17, 15) is 27.2 Å². The lowest BCUT2D eigenvalue weighted by molar-refractivity contribution is -0.133. The average molecular weight is 312 g/mol. The van der Waals surface area contributed by atoms with Crippen molar-refractivity contribution < 1.29 is 27.2 Å². The number of halogens is 4. The summed E-state index contributed by atoms with van der Waals surface area (Å²) in [5, 5.41) is 3.59. The van der Waals surface area contributed by atoms with Gasteiger partial charge in [0, 0.05) is 6.07 Å². The number of benzene rings is 2. The molecule has 2 amide bonds. The first kappa shape index (κ1) is 15.5. The molecule has 2 N–H and O–H groups in total. The van der Waals surface area contributed by atoms with Crippen LogP contribution in [0.4, 0.5) is 28.9 Å². The van der Waals surface area contributed by atoms with Gasteiger partial charge in [0.2, 0.25) is 0 Å². The molecule has 0 saturated heterocycles. The Hall–Kier alpha value is -2.90. The number of para-hydroxylation sites is 1. The van der Waals surface area contributed by atoms with Gasteiger partial charge < -0.3 is 10.6 Å². The number of hydrogen-bond acceptors (Lipinski definition) is 2. The van der Waals surface area contributed by atoms with E-state index in [-0.39, 0.29) is 0 Å². The maximum Gasteiger partial charge on any atom is 0.314 e. The van der Waals surface area contributed by atoms with Crippen LogP contribution in [0.5, 0.6) is 0 Å². The van der Waals surface area contributed by atoms with Gasteiger partial charge in [-0.15, -0.1) is 0 Å². The fraction of sp³-hybridized carbons (Fsp3) is 0. The van der Waals surface area contributed by atoms with Crippen molar-refractivity contribution in [1.29, 1.82) is 0 Å². The standard InChI is InChI=1S/C14H8F4N2O2/c15-7-4-5-11(10(18)6-7)19-13(21)14(22)20-12-8(16)2-1-3-9(12)17/h1-6H,(H,19,21)(H,20,22). The molecule has 0 spiro atoms. The summed E-state index contributed by atoms with van der Waals surface area (Å²) in [4.78, 5) is 23.1. The van der Waals surface area contributed by atoms with Gasteiger partial charge in [0.05, 0.1) is 5.69 Å². The van der Waals surface area contributed by atoms with Crippen molar-refractivity contribution in [2.24, 2.45) is 0 Å². The fourth-order valence-electron chi connectivity index (χ4n) is 1.56. The smallest absolute Gasteiger partial charge is 0.314 e. The van der Waals surface area contributed by atoms with E-state index >= 15 is 0 Å². The Bertz CT molecular complexity index is 729. The van der Waals surface area contributed by atoms with Crippen LogP contribution in [0, 0.1) is 23.3 Å². The molecule has 2 aromatic carbocycles. The van der Waals surface area contributed by atoms with Gasteiger partial charge in [-0.3, -0.25) is 9.59 Å². The van der Waals surface area contributed by atoms with Gasteiger partial charge in [-0.05, 0) is 24.3 Å². The Labute approximate surface area is 121 Å². The normalized spacial score (nSPS) is 10.2. The maximum atomic E-state index is 13.3. The van der Waals surface area contributed by atoms with E-state index in [1.165, 1.54) is 0 Å². The minimum Gasteiger partial charge on any atom is -0.315 e. The van der Waals surface area contributed by atoms with Gasteiger partial charge >= 0.3 is 11.8 Å². The van der Waals surface area contributed by atoms with E-state index in [0.717, 1.165) is 30.3 Å². The van der Waals surface area contributed by atoms with Crippen molar-refractivity contribution in [3.8, 4) is 0 Å². The van der Waals surface area contributed by atoms with E-state index < -0.39 is 46.5 Å². The molecular weight excluding hydrogens is 304 g/mol. The molecule has 0 aliphatic heterocycles. The molecule has 0 radical (unpaired) electrons. The molecule has 8 heteroatoms. The lowest BCUT2D eigenvalue weighted by Crippen LogP contribution is -2.30. The van der Waals surface area contributed by atoms with E-state index in [2.05, 4.69) is 0 Å². The van der Waals surface area contributed by atoms with Gasteiger partial charge in [0.1, 0.15) is 29.0 Å². The van der Waals surface area contributed by atoms with E-state index in [1.807, 2.05) is 5.32 Å². The first-order chi connectivity index (χ1) is 10.4. The minimum absolute atomic E-state index is 0.449. The Kier molecular flexibility index (Phi) is 4.40. The molecule has 22 heavy (non-hydrogen) atoms. The van der Waals surface area contributed by atoms with Crippen molar-refractivity contribution >= 4 is 23.2 Å². The van der Waals surface area contributed by atoms with Gasteiger partial charge in [0.15, 0.2) is 0 Å². The summed E-state index contributed by atoms with van der Waals surface area (Å²) in [6, 6.07) is 5.12. The summed E-state index contributed by atoms with van der Waals surface area (Å²) in [5.74, 6) is -6.89. The molecule has 0 unspecified atom stereocenters. The predicted molar refractivity (Wildman–Crippen MR) is 70.0 cm³/mol.